The Labute approximate surface area is 168 Å². The maximum Gasteiger partial charge on any atom is 0.305 e. The van der Waals surface area contributed by atoms with Crippen molar-refractivity contribution >= 4 is 27.5 Å². The van der Waals surface area contributed by atoms with Gasteiger partial charge in [0.1, 0.15) is 23.4 Å². The van der Waals surface area contributed by atoms with Crippen LogP contribution in [0.1, 0.15) is 49.4 Å². The number of nitrogens with zero attached hydrogens (tertiary/aromatic N) is 2. The minimum Gasteiger partial charge on any atom is -0.463 e. The van der Waals surface area contributed by atoms with Crippen LogP contribution >= 0.6 is 11.3 Å². The van der Waals surface area contributed by atoms with Crippen LogP contribution in [0, 0.1) is 5.92 Å². The van der Waals surface area contributed by atoms with Gasteiger partial charge >= 0.3 is 5.97 Å². The number of nitrogens with one attached hydrogen (secondary N) is 1. The molecule has 1 aliphatic carbocycles. The van der Waals surface area contributed by atoms with Crippen molar-refractivity contribution in [3.63, 3.8) is 0 Å². The number of rotatable bonds is 8. The van der Waals surface area contributed by atoms with E-state index < -0.39 is 6.10 Å². The molecular weight excluding hydrogens is 378 g/mol. The van der Waals surface area contributed by atoms with Gasteiger partial charge in [-0.25, -0.2) is 4.98 Å². The van der Waals surface area contributed by atoms with Gasteiger partial charge in [-0.15, -0.1) is 11.3 Å². The Morgan fingerprint density at radius 2 is 2.29 bits per heavy atom. The molecule has 0 unspecified atom stereocenters. The van der Waals surface area contributed by atoms with Gasteiger partial charge in [-0.3, -0.25) is 14.5 Å². The van der Waals surface area contributed by atoms with Gasteiger partial charge in [-0.2, -0.15) is 0 Å². The number of ether oxygens (including phenoxy) is 1. The van der Waals surface area contributed by atoms with Crippen molar-refractivity contribution in [2.75, 3.05) is 20.2 Å². The first-order valence-electron chi connectivity index (χ1n) is 9.93. The number of hydrogen-bond acceptors (Lipinski definition) is 7. The van der Waals surface area contributed by atoms with E-state index in [4.69, 9.17) is 4.74 Å². The molecule has 0 fully saturated rings. The highest BCUT2D eigenvalue weighted by atomic mass is 32.1. The van der Waals surface area contributed by atoms with Crippen LogP contribution < -0.4 is 5.56 Å². The highest BCUT2D eigenvalue weighted by Gasteiger charge is 2.23. The molecule has 28 heavy (non-hydrogen) atoms. The molecule has 2 atom stereocenters. The summed E-state index contributed by atoms with van der Waals surface area (Å²) in [7, 11) is 1.84. The third kappa shape index (κ3) is 4.98. The van der Waals surface area contributed by atoms with E-state index in [9.17, 15) is 14.7 Å². The van der Waals surface area contributed by atoms with Crippen LogP contribution in [0.4, 0.5) is 0 Å². The standard InChI is InChI=1S/C20H29N3O4S/c1-4-5-17(25)27-11-13(24)9-23(3)10-16-21-19(26)18-14-7-6-12(2)8-15(14)28-20(18)22-16/h12-13,24H,4-11H2,1-3H3,(H,21,22,26)/t12-,13+/m1/s1. The number of hydrogen-bond donors (Lipinski definition) is 2. The van der Waals surface area contributed by atoms with Gasteiger partial charge in [0.15, 0.2) is 0 Å². The zero-order valence-corrected chi connectivity index (χ0v) is 17.6. The lowest BCUT2D eigenvalue weighted by Crippen LogP contribution is -2.33. The zero-order valence-electron chi connectivity index (χ0n) is 16.8. The molecule has 2 aromatic rings. The molecule has 0 spiro atoms. The van der Waals surface area contributed by atoms with Crippen molar-refractivity contribution < 1.29 is 14.6 Å². The summed E-state index contributed by atoms with van der Waals surface area (Å²) in [4.78, 5) is 35.6. The molecule has 2 heterocycles. The average Bonchev–Trinajstić information content (AvgIpc) is 2.97. The van der Waals surface area contributed by atoms with Crippen LogP contribution in [0.15, 0.2) is 4.79 Å². The number of H-pyrrole nitrogens is 1. The normalized spacial score (nSPS) is 17.7. The summed E-state index contributed by atoms with van der Waals surface area (Å²) >= 11 is 1.63. The third-order valence-electron chi connectivity index (χ3n) is 5.05. The second kappa shape index (κ2) is 9.15. The topological polar surface area (TPSA) is 95.5 Å². The predicted molar refractivity (Wildman–Crippen MR) is 110 cm³/mol. The van der Waals surface area contributed by atoms with Gasteiger partial charge in [0.2, 0.25) is 0 Å². The van der Waals surface area contributed by atoms with E-state index in [1.165, 1.54) is 10.4 Å². The Morgan fingerprint density at radius 3 is 3.04 bits per heavy atom. The Hall–Kier alpha value is -1.77. The second-order valence-corrected chi connectivity index (χ2v) is 8.91. The number of aromatic nitrogens is 2. The molecule has 0 aromatic carbocycles. The first-order valence-corrected chi connectivity index (χ1v) is 10.7. The summed E-state index contributed by atoms with van der Waals surface area (Å²) in [6.07, 6.45) is 3.39. The van der Waals surface area contributed by atoms with Crippen molar-refractivity contribution in [3.05, 3.63) is 26.6 Å². The number of aliphatic hydroxyl groups is 1. The maximum absolute atomic E-state index is 12.6. The molecule has 0 bridgehead atoms. The van der Waals surface area contributed by atoms with E-state index in [1.54, 1.807) is 11.3 Å². The minimum atomic E-state index is -0.781. The van der Waals surface area contributed by atoms with Crippen molar-refractivity contribution in [2.24, 2.45) is 5.92 Å². The number of likely N-dealkylation sites (N-methyl/N-ethyl adjacent to an activating group) is 1. The van der Waals surface area contributed by atoms with Crippen LogP contribution in [0.2, 0.25) is 0 Å². The summed E-state index contributed by atoms with van der Waals surface area (Å²) in [5, 5.41) is 10.8. The number of thiophene rings is 1. The molecule has 2 N–H and O–H groups in total. The third-order valence-corrected chi connectivity index (χ3v) is 6.20. The average molecular weight is 408 g/mol. The molecule has 1 aliphatic rings. The Morgan fingerprint density at radius 1 is 1.50 bits per heavy atom. The predicted octanol–water partition coefficient (Wildman–Crippen LogP) is 2.25. The van der Waals surface area contributed by atoms with Gasteiger partial charge in [-0.1, -0.05) is 13.8 Å². The molecule has 0 saturated carbocycles. The van der Waals surface area contributed by atoms with Gasteiger partial charge in [-0.05, 0) is 44.2 Å². The van der Waals surface area contributed by atoms with Crippen molar-refractivity contribution in [3.8, 4) is 0 Å². The molecule has 2 aromatic heterocycles. The maximum atomic E-state index is 12.6. The van der Waals surface area contributed by atoms with E-state index in [0.29, 0.717) is 31.3 Å². The zero-order chi connectivity index (χ0) is 20.3. The Kier molecular flexibility index (Phi) is 6.85. The van der Waals surface area contributed by atoms with Gasteiger partial charge in [0, 0.05) is 17.8 Å². The quantitative estimate of drug-likeness (QED) is 0.652. The van der Waals surface area contributed by atoms with Gasteiger partial charge < -0.3 is 14.8 Å². The molecular formula is C20H29N3O4S. The summed E-state index contributed by atoms with van der Waals surface area (Å²) in [5.74, 6) is 0.941. The summed E-state index contributed by atoms with van der Waals surface area (Å²) < 4.78 is 5.04. The van der Waals surface area contributed by atoms with Crippen LogP contribution in [0.25, 0.3) is 10.2 Å². The number of aryl methyl sites for hydroxylation is 1. The summed E-state index contributed by atoms with van der Waals surface area (Å²) in [5.41, 5.74) is 1.10. The molecule has 0 amide bonds. The largest absolute Gasteiger partial charge is 0.463 e. The van der Waals surface area contributed by atoms with E-state index in [0.717, 1.165) is 35.9 Å². The number of aliphatic hydroxyl groups excluding tert-OH is 1. The van der Waals surface area contributed by atoms with Crippen molar-refractivity contribution in [1.82, 2.24) is 14.9 Å². The molecule has 3 rings (SSSR count). The highest BCUT2D eigenvalue weighted by molar-refractivity contribution is 7.18. The molecule has 0 aliphatic heterocycles. The fourth-order valence-corrected chi connectivity index (χ4v) is 5.07. The van der Waals surface area contributed by atoms with Crippen molar-refractivity contribution in [2.45, 2.75) is 58.6 Å². The number of fused-ring (bicyclic) bond motifs is 3. The fourth-order valence-electron chi connectivity index (χ4n) is 3.67. The monoisotopic (exact) mass is 407 g/mol. The van der Waals surface area contributed by atoms with Crippen LogP contribution in [-0.4, -0.2) is 52.2 Å². The van der Waals surface area contributed by atoms with Crippen LogP contribution in [0.5, 0.6) is 0 Å². The van der Waals surface area contributed by atoms with Crippen LogP contribution in [-0.2, 0) is 28.9 Å². The fraction of sp³-hybridized carbons (Fsp3) is 0.650. The molecule has 154 valence electrons. The van der Waals surface area contributed by atoms with Crippen molar-refractivity contribution in [1.29, 1.82) is 0 Å². The molecule has 8 heteroatoms. The number of carbonyl (C=O) groups excluding carboxylic acids is 1. The highest BCUT2D eigenvalue weighted by Crippen LogP contribution is 2.35. The summed E-state index contributed by atoms with van der Waals surface area (Å²) in [6, 6.07) is 0. The summed E-state index contributed by atoms with van der Waals surface area (Å²) in [6.45, 7) is 4.85. The van der Waals surface area contributed by atoms with Crippen LogP contribution in [0.3, 0.4) is 0 Å². The lowest BCUT2D eigenvalue weighted by Gasteiger charge is -2.20. The molecule has 0 radical (unpaired) electrons. The minimum absolute atomic E-state index is 0.0258. The Balaban J connectivity index is 1.64. The van der Waals surface area contributed by atoms with E-state index in [1.807, 2.05) is 18.9 Å². The van der Waals surface area contributed by atoms with Gasteiger partial charge in [0.25, 0.3) is 5.56 Å². The van der Waals surface area contributed by atoms with Gasteiger partial charge in [0.05, 0.1) is 11.9 Å². The number of carbonyl (C=O) groups is 1. The first-order chi connectivity index (χ1) is 13.4. The first kappa shape index (κ1) is 21.0. The van der Waals surface area contributed by atoms with E-state index in [-0.39, 0.29) is 18.1 Å². The number of esters is 1. The lowest BCUT2D eigenvalue weighted by molar-refractivity contribution is -0.147. The SMILES string of the molecule is CCCC(=O)OC[C@@H](O)CN(C)Cc1nc2sc3c(c2c(=O)[nH]1)CC[C@@H](C)C3. The molecule has 0 saturated heterocycles. The molecule has 7 nitrogen and oxygen atoms in total. The lowest BCUT2D eigenvalue weighted by atomic mass is 9.89. The smallest absolute Gasteiger partial charge is 0.305 e. The Bertz CT molecular complexity index is 891. The number of aromatic amines is 1. The van der Waals surface area contributed by atoms with E-state index >= 15 is 0 Å². The van der Waals surface area contributed by atoms with E-state index in [2.05, 4.69) is 16.9 Å². The second-order valence-electron chi connectivity index (χ2n) is 7.83.